The number of hydrogen-bond donors (Lipinski definition) is 2. The molecule has 1 fully saturated rings. The molecule has 0 aliphatic heterocycles. The van der Waals surface area contributed by atoms with Crippen molar-refractivity contribution >= 4 is 5.97 Å². The molecule has 0 aromatic heterocycles. The van der Waals surface area contributed by atoms with E-state index in [1.807, 2.05) is 0 Å². The zero-order valence-corrected chi connectivity index (χ0v) is 8.98. The van der Waals surface area contributed by atoms with Gasteiger partial charge in [-0.1, -0.05) is 6.07 Å². The van der Waals surface area contributed by atoms with E-state index < -0.39 is 5.97 Å². The van der Waals surface area contributed by atoms with E-state index in [2.05, 4.69) is 5.32 Å². The number of rotatable bonds is 6. The monoisotopic (exact) mass is 221 g/mol. The molecule has 1 saturated carbocycles. The molecule has 0 bridgehead atoms. The number of carboxylic acids is 1. The van der Waals surface area contributed by atoms with Gasteiger partial charge >= 0.3 is 5.97 Å². The Balaban J connectivity index is 1.78. The number of carboxylic acid groups (broad SMARTS) is 1. The molecule has 0 spiro atoms. The van der Waals surface area contributed by atoms with Gasteiger partial charge in [0.15, 0.2) is 0 Å². The van der Waals surface area contributed by atoms with Crippen molar-refractivity contribution in [2.45, 2.75) is 18.9 Å². The molecule has 0 atom stereocenters. The molecule has 4 heteroatoms. The molecule has 0 saturated heterocycles. The van der Waals surface area contributed by atoms with Gasteiger partial charge in [-0.3, -0.25) is 0 Å². The minimum absolute atomic E-state index is 0.257. The standard InChI is InChI=1S/C12H15NO3/c14-12(15)9-2-1-3-11(8-9)16-7-6-13-10-4-5-10/h1-3,8,10,13H,4-7H2,(H,14,15). The quantitative estimate of drug-likeness (QED) is 0.715. The maximum Gasteiger partial charge on any atom is 0.335 e. The number of carbonyl (C=O) groups is 1. The van der Waals surface area contributed by atoms with Crippen LogP contribution in [0.5, 0.6) is 5.75 Å². The summed E-state index contributed by atoms with van der Waals surface area (Å²) in [5, 5.41) is 12.1. The lowest BCUT2D eigenvalue weighted by molar-refractivity contribution is 0.0696. The van der Waals surface area contributed by atoms with Gasteiger partial charge < -0.3 is 15.2 Å². The average molecular weight is 221 g/mol. The molecule has 1 aromatic carbocycles. The van der Waals surface area contributed by atoms with E-state index in [0.29, 0.717) is 18.4 Å². The maximum absolute atomic E-state index is 10.7. The van der Waals surface area contributed by atoms with Crippen molar-refractivity contribution in [3.8, 4) is 5.75 Å². The summed E-state index contributed by atoms with van der Waals surface area (Å²) in [4.78, 5) is 10.7. The Bertz CT molecular complexity index is 374. The van der Waals surface area contributed by atoms with Crippen LogP contribution >= 0.6 is 0 Å². The van der Waals surface area contributed by atoms with E-state index in [-0.39, 0.29) is 5.56 Å². The first-order chi connectivity index (χ1) is 7.75. The molecule has 86 valence electrons. The van der Waals surface area contributed by atoms with Crippen LogP contribution in [0.15, 0.2) is 24.3 Å². The van der Waals surface area contributed by atoms with Gasteiger partial charge in [-0.05, 0) is 31.0 Å². The molecular weight excluding hydrogens is 206 g/mol. The third-order valence-corrected chi connectivity index (χ3v) is 2.46. The van der Waals surface area contributed by atoms with Crippen molar-refractivity contribution in [2.75, 3.05) is 13.2 Å². The van der Waals surface area contributed by atoms with E-state index in [1.54, 1.807) is 24.3 Å². The summed E-state index contributed by atoms with van der Waals surface area (Å²) in [7, 11) is 0. The number of nitrogens with one attached hydrogen (secondary N) is 1. The fourth-order valence-electron chi connectivity index (χ4n) is 1.44. The second kappa shape index (κ2) is 4.99. The molecule has 0 heterocycles. The van der Waals surface area contributed by atoms with Crippen LogP contribution < -0.4 is 10.1 Å². The van der Waals surface area contributed by atoms with Gasteiger partial charge in [-0.15, -0.1) is 0 Å². The fraction of sp³-hybridized carbons (Fsp3) is 0.417. The largest absolute Gasteiger partial charge is 0.492 e. The smallest absolute Gasteiger partial charge is 0.335 e. The average Bonchev–Trinajstić information content (AvgIpc) is 3.09. The van der Waals surface area contributed by atoms with E-state index in [1.165, 1.54) is 12.8 Å². The predicted molar refractivity (Wildman–Crippen MR) is 59.9 cm³/mol. The van der Waals surface area contributed by atoms with Crippen molar-refractivity contribution in [2.24, 2.45) is 0 Å². The van der Waals surface area contributed by atoms with Crippen molar-refractivity contribution in [1.29, 1.82) is 0 Å². The zero-order chi connectivity index (χ0) is 11.4. The third kappa shape index (κ3) is 3.24. The first-order valence-electron chi connectivity index (χ1n) is 5.45. The van der Waals surface area contributed by atoms with Crippen molar-refractivity contribution in [3.63, 3.8) is 0 Å². The van der Waals surface area contributed by atoms with Gasteiger partial charge in [-0.25, -0.2) is 4.79 Å². The number of ether oxygens (including phenoxy) is 1. The first kappa shape index (κ1) is 11.0. The van der Waals surface area contributed by atoms with E-state index >= 15 is 0 Å². The molecule has 2 rings (SSSR count). The molecule has 1 aliphatic carbocycles. The molecule has 4 nitrogen and oxygen atoms in total. The van der Waals surface area contributed by atoms with Gasteiger partial charge in [-0.2, -0.15) is 0 Å². The van der Waals surface area contributed by atoms with Crippen LogP contribution in [0.1, 0.15) is 23.2 Å². The lowest BCUT2D eigenvalue weighted by Gasteiger charge is -2.07. The normalized spacial score (nSPS) is 14.8. The highest BCUT2D eigenvalue weighted by Gasteiger charge is 2.19. The highest BCUT2D eigenvalue weighted by molar-refractivity contribution is 5.87. The van der Waals surface area contributed by atoms with Crippen LogP contribution in [0.4, 0.5) is 0 Å². The van der Waals surface area contributed by atoms with Crippen LogP contribution in [-0.4, -0.2) is 30.3 Å². The van der Waals surface area contributed by atoms with Gasteiger partial charge in [0.25, 0.3) is 0 Å². The van der Waals surface area contributed by atoms with Crippen molar-refractivity contribution in [3.05, 3.63) is 29.8 Å². The van der Waals surface area contributed by atoms with Gasteiger partial charge in [0.05, 0.1) is 5.56 Å². The molecular formula is C12H15NO3. The second-order valence-corrected chi connectivity index (χ2v) is 3.91. The summed E-state index contributed by atoms with van der Waals surface area (Å²) in [5.41, 5.74) is 0.257. The summed E-state index contributed by atoms with van der Waals surface area (Å²) in [6.07, 6.45) is 2.52. The Kier molecular flexibility index (Phi) is 3.41. The molecule has 2 N–H and O–H groups in total. The molecule has 1 aliphatic rings. The second-order valence-electron chi connectivity index (χ2n) is 3.91. The van der Waals surface area contributed by atoms with Gasteiger partial charge in [0.2, 0.25) is 0 Å². The lowest BCUT2D eigenvalue weighted by atomic mass is 10.2. The van der Waals surface area contributed by atoms with E-state index in [0.717, 1.165) is 6.54 Å². The molecule has 0 radical (unpaired) electrons. The summed E-state index contributed by atoms with van der Waals surface area (Å²) in [5.74, 6) is -0.320. The number of benzene rings is 1. The highest BCUT2D eigenvalue weighted by atomic mass is 16.5. The molecule has 1 aromatic rings. The summed E-state index contributed by atoms with van der Waals surface area (Å²) in [6.45, 7) is 1.38. The van der Waals surface area contributed by atoms with Crippen LogP contribution in [0.3, 0.4) is 0 Å². The predicted octanol–water partition coefficient (Wildman–Crippen LogP) is 1.52. The Labute approximate surface area is 94.2 Å². The topological polar surface area (TPSA) is 58.6 Å². The Morgan fingerprint density at radius 1 is 1.50 bits per heavy atom. The first-order valence-corrected chi connectivity index (χ1v) is 5.45. The van der Waals surface area contributed by atoms with Crippen molar-refractivity contribution in [1.82, 2.24) is 5.32 Å². The van der Waals surface area contributed by atoms with Crippen LogP contribution in [0.25, 0.3) is 0 Å². The van der Waals surface area contributed by atoms with Gasteiger partial charge in [0.1, 0.15) is 12.4 Å². The Morgan fingerprint density at radius 2 is 2.31 bits per heavy atom. The minimum Gasteiger partial charge on any atom is -0.492 e. The molecule has 0 unspecified atom stereocenters. The van der Waals surface area contributed by atoms with Crippen LogP contribution in [0, 0.1) is 0 Å². The Morgan fingerprint density at radius 3 is 3.00 bits per heavy atom. The SMILES string of the molecule is O=C(O)c1cccc(OCCNC2CC2)c1. The summed E-state index contributed by atoms with van der Waals surface area (Å²) in [6, 6.07) is 7.22. The lowest BCUT2D eigenvalue weighted by Crippen LogP contribution is -2.22. The van der Waals surface area contributed by atoms with Crippen LogP contribution in [0.2, 0.25) is 0 Å². The summed E-state index contributed by atoms with van der Waals surface area (Å²) >= 11 is 0. The Hall–Kier alpha value is -1.55. The maximum atomic E-state index is 10.7. The minimum atomic E-state index is -0.929. The van der Waals surface area contributed by atoms with Crippen LogP contribution in [-0.2, 0) is 0 Å². The summed E-state index contributed by atoms with van der Waals surface area (Å²) < 4.78 is 5.45. The van der Waals surface area contributed by atoms with E-state index in [9.17, 15) is 4.79 Å². The third-order valence-electron chi connectivity index (χ3n) is 2.46. The highest BCUT2D eigenvalue weighted by Crippen LogP contribution is 2.18. The fourth-order valence-corrected chi connectivity index (χ4v) is 1.44. The number of aromatic carboxylic acids is 1. The molecule has 0 amide bonds. The number of hydrogen-bond acceptors (Lipinski definition) is 3. The van der Waals surface area contributed by atoms with Gasteiger partial charge in [0, 0.05) is 12.6 Å². The molecule has 16 heavy (non-hydrogen) atoms. The van der Waals surface area contributed by atoms with Crippen molar-refractivity contribution < 1.29 is 14.6 Å². The zero-order valence-electron chi connectivity index (χ0n) is 8.98. The van der Waals surface area contributed by atoms with E-state index in [4.69, 9.17) is 9.84 Å².